The Morgan fingerprint density at radius 3 is 2.00 bits per heavy atom. The van der Waals surface area contributed by atoms with Crippen molar-refractivity contribution in [2.75, 3.05) is 0 Å². The van der Waals surface area contributed by atoms with E-state index in [9.17, 15) is 0 Å². The third-order valence-corrected chi connectivity index (χ3v) is 3.18. The fourth-order valence-electron chi connectivity index (χ4n) is 1.92. The number of rotatable bonds is 4. The zero-order chi connectivity index (χ0) is 7.56. The van der Waals surface area contributed by atoms with Crippen LogP contribution in [0.5, 0.6) is 0 Å². The molecule has 0 nitrogen and oxygen atoms in total. The van der Waals surface area contributed by atoms with Crippen molar-refractivity contribution in [1.82, 2.24) is 0 Å². The van der Waals surface area contributed by atoms with Gasteiger partial charge in [0.25, 0.3) is 0 Å². The van der Waals surface area contributed by atoms with Crippen molar-refractivity contribution in [3.63, 3.8) is 0 Å². The van der Waals surface area contributed by atoms with Gasteiger partial charge in [0.15, 0.2) is 0 Å². The molecule has 0 aliphatic heterocycles. The summed E-state index contributed by atoms with van der Waals surface area (Å²) in [5.41, 5.74) is 0. The molecule has 2 atom stereocenters. The van der Waals surface area contributed by atoms with Crippen molar-refractivity contribution >= 4 is 0 Å². The van der Waals surface area contributed by atoms with Gasteiger partial charge in [0.1, 0.15) is 0 Å². The van der Waals surface area contributed by atoms with Crippen molar-refractivity contribution in [2.24, 2.45) is 17.8 Å². The first-order chi connectivity index (χ1) is 4.77. The van der Waals surface area contributed by atoms with Gasteiger partial charge in [-0.2, -0.15) is 0 Å². The van der Waals surface area contributed by atoms with E-state index in [0.717, 1.165) is 17.8 Å². The SMILES string of the molecule is CCCCCC1C(C)C1C. The van der Waals surface area contributed by atoms with Gasteiger partial charge >= 0.3 is 0 Å². The molecular weight excluding hydrogens is 120 g/mol. The van der Waals surface area contributed by atoms with Gasteiger partial charge in [-0.15, -0.1) is 0 Å². The van der Waals surface area contributed by atoms with Crippen LogP contribution in [0.4, 0.5) is 0 Å². The molecule has 0 aromatic rings. The lowest BCUT2D eigenvalue weighted by molar-refractivity contribution is 0.583. The lowest BCUT2D eigenvalue weighted by atomic mass is 10.1. The lowest BCUT2D eigenvalue weighted by Crippen LogP contribution is -1.80. The standard InChI is InChI=1S/C10H20/c1-4-5-6-7-10-8(2)9(10)3/h8-10H,4-7H2,1-3H3. The molecule has 1 rings (SSSR count). The number of unbranched alkanes of at least 4 members (excludes halogenated alkanes) is 2. The number of hydrogen-bond acceptors (Lipinski definition) is 0. The first kappa shape index (κ1) is 8.10. The molecule has 0 bridgehead atoms. The minimum absolute atomic E-state index is 1.04. The van der Waals surface area contributed by atoms with Crippen molar-refractivity contribution in [1.29, 1.82) is 0 Å². The minimum atomic E-state index is 1.04. The predicted octanol–water partition coefficient (Wildman–Crippen LogP) is 3.47. The smallest absolute Gasteiger partial charge is 0.0357 e. The molecule has 0 aromatic heterocycles. The third kappa shape index (κ3) is 1.74. The van der Waals surface area contributed by atoms with Crippen LogP contribution in [0.15, 0.2) is 0 Å². The van der Waals surface area contributed by atoms with Crippen molar-refractivity contribution in [3.05, 3.63) is 0 Å². The molecule has 0 spiro atoms. The van der Waals surface area contributed by atoms with Gasteiger partial charge in [0.2, 0.25) is 0 Å². The molecule has 0 heteroatoms. The molecule has 0 saturated heterocycles. The summed E-state index contributed by atoms with van der Waals surface area (Å²) >= 11 is 0. The van der Waals surface area contributed by atoms with E-state index in [0.29, 0.717) is 0 Å². The highest BCUT2D eigenvalue weighted by atomic mass is 14.5. The van der Waals surface area contributed by atoms with Crippen LogP contribution in [0, 0.1) is 17.8 Å². The normalized spacial score (nSPS) is 38.1. The molecule has 60 valence electrons. The molecule has 1 saturated carbocycles. The lowest BCUT2D eigenvalue weighted by Gasteiger charge is -1.95. The molecule has 0 N–H and O–H groups in total. The summed E-state index contributed by atoms with van der Waals surface area (Å²) < 4.78 is 0. The number of hydrogen-bond donors (Lipinski definition) is 0. The highest BCUT2D eigenvalue weighted by molar-refractivity contribution is 4.90. The van der Waals surface area contributed by atoms with Gasteiger partial charge in [-0.25, -0.2) is 0 Å². The van der Waals surface area contributed by atoms with Crippen LogP contribution in [-0.4, -0.2) is 0 Å². The first-order valence-electron chi connectivity index (χ1n) is 4.77. The Morgan fingerprint density at radius 2 is 1.60 bits per heavy atom. The Labute approximate surface area is 65.0 Å². The summed E-state index contributed by atoms with van der Waals surface area (Å²) in [4.78, 5) is 0. The van der Waals surface area contributed by atoms with Gasteiger partial charge in [-0.3, -0.25) is 0 Å². The van der Waals surface area contributed by atoms with E-state index >= 15 is 0 Å². The topological polar surface area (TPSA) is 0 Å². The first-order valence-corrected chi connectivity index (χ1v) is 4.77. The molecule has 1 fully saturated rings. The zero-order valence-corrected chi connectivity index (χ0v) is 7.56. The van der Waals surface area contributed by atoms with Crippen molar-refractivity contribution < 1.29 is 0 Å². The summed E-state index contributed by atoms with van der Waals surface area (Å²) in [6.45, 7) is 7.06. The van der Waals surface area contributed by atoms with Crippen LogP contribution in [0.3, 0.4) is 0 Å². The highest BCUT2D eigenvalue weighted by Gasteiger charge is 2.41. The summed E-state index contributed by atoms with van der Waals surface area (Å²) in [5, 5.41) is 0. The van der Waals surface area contributed by atoms with Gasteiger partial charge < -0.3 is 0 Å². The van der Waals surface area contributed by atoms with E-state index < -0.39 is 0 Å². The van der Waals surface area contributed by atoms with E-state index in [1.807, 2.05) is 0 Å². The molecule has 1 aliphatic carbocycles. The monoisotopic (exact) mass is 140 g/mol. The fourth-order valence-corrected chi connectivity index (χ4v) is 1.92. The largest absolute Gasteiger partial charge is 0.0654 e. The quantitative estimate of drug-likeness (QED) is 0.524. The van der Waals surface area contributed by atoms with Crippen LogP contribution in [0.1, 0.15) is 46.5 Å². The Hall–Kier alpha value is 0. The van der Waals surface area contributed by atoms with Crippen molar-refractivity contribution in [3.8, 4) is 0 Å². The third-order valence-electron chi connectivity index (χ3n) is 3.18. The second kappa shape index (κ2) is 3.41. The second-order valence-corrected chi connectivity index (χ2v) is 3.88. The van der Waals surface area contributed by atoms with E-state index in [4.69, 9.17) is 0 Å². The molecule has 2 unspecified atom stereocenters. The summed E-state index contributed by atoms with van der Waals surface area (Å²) in [6.07, 6.45) is 5.78. The molecule has 0 radical (unpaired) electrons. The zero-order valence-electron chi connectivity index (χ0n) is 7.56. The van der Waals surface area contributed by atoms with Crippen molar-refractivity contribution in [2.45, 2.75) is 46.5 Å². The van der Waals surface area contributed by atoms with Gasteiger partial charge in [-0.1, -0.05) is 40.0 Å². The van der Waals surface area contributed by atoms with Crippen LogP contribution in [0.25, 0.3) is 0 Å². The minimum Gasteiger partial charge on any atom is -0.0654 e. The maximum atomic E-state index is 2.39. The van der Waals surface area contributed by atoms with E-state index in [2.05, 4.69) is 20.8 Å². The molecule has 0 heterocycles. The Morgan fingerprint density at radius 1 is 1.00 bits per heavy atom. The maximum absolute atomic E-state index is 2.39. The van der Waals surface area contributed by atoms with E-state index in [1.165, 1.54) is 25.7 Å². The Kier molecular flexibility index (Phi) is 2.76. The van der Waals surface area contributed by atoms with Crippen LogP contribution in [-0.2, 0) is 0 Å². The molecular formula is C10H20. The van der Waals surface area contributed by atoms with Gasteiger partial charge in [0.05, 0.1) is 0 Å². The van der Waals surface area contributed by atoms with Gasteiger partial charge in [-0.05, 0) is 24.2 Å². The predicted molar refractivity (Wildman–Crippen MR) is 46.0 cm³/mol. The second-order valence-electron chi connectivity index (χ2n) is 3.88. The van der Waals surface area contributed by atoms with Crippen LogP contribution in [0.2, 0.25) is 0 Å². The summed E-state index contributed by atoms with van der Waals surface area (Å²) in [7, 11) is 0. The highest BCUT2D eigenvalue weighted by Crippen LogP contribution is 2.48. The van der Waals surface area contributed by atoms with Crippen LogP contribution >= 0.6 is 0 Å². The maximum Gasteiger partial charge on any atom is -0.0357 e. The summed E-state index contributed by atoms with van der Waals surface area (Å²) in [5.74, 6) is 3.17. The average molecular weight is 140 g/mol. The summed E-state index contributed by atoms with van der Waals surface area (Å²) in [6, 6.07) is 0. The molecule has 0 aromatic carbocycles. The molecule has 10 heavy (non-hydrogen) atoms. The molecule has 0 amide bonds. The fraction of sp³-hybridized carbons (Fsp3) is 1.00. The Bertz CT molecular complexity index is 88.2. The molecule has 1 aliphatic rings. The van der Waals surface area contributed by atoms with Gasteiger partial charge in [0, 0.05) is 0 Å². The van der Waals surface area contributed by atoms with E-state index in [1.54, 1.807) is 0 Å². The average Bonchev–Trinajstić information content (AvgIpc) is 2.46. The van der Waals surface area contributed by atoms with Crippen LogP contribution < -0.4 is 0 Å². The Balaban J connectivity index is 1.95. The van der Waals surface area contributed by atoms with E-state index in [-0.39, 0.29) is 0 Å².